The number of benzene rings is 4. The highest BCUT2D eigenvalue weighted by Gasteiger charge is 2.37. The number of rotatable bonds is 12. The number of anilines is 1. The van der Waals surface area contributed by atoms with Gasteiger partial charge in [-0.25, -0.2) is 9.69 Å². The van der Waals surface area contributed by atoms with Gasteiger partial charge in [0.05, 0.1) is 23.9 Å². The molecule has 1 aliphatic heterocycles. The van der Waals surface area contributed by atoms with Crippen molar-refractivity contribution >= 4 is 52.8 Å². The Kier molecular flexibility index (Phi) is 10.7. The molecule has 0 aliphatic carbocycles. The quantitative estimate of drug-likeness (QED) is 0.120. The Bertz CT molecular complexity index is 1840. The number of carbonyl (C=O) groups excluding carboxylic acids is 3. The molecule has 11 heteroatoms. The van der Waals surface area contributed by atoms with Crippen molar-refractivity contribution in [2.24, 2.45) is 0 Å². The van der Waals surface area contributed by atoms with E-state index in [4.69, 9.17) is 42.1 Å². The minimum atomic E-state index is -0.873. The summed E-state index contributed by atoms with van der Waals surface area (Å²) in [6.45, 7) is 6.71. The third-order valence-corrected chi connectivity index (χ3v) is 7.60. The van der Waals surface area contributed by atoms with Crippen molar-refractivity contribution in [2.75, 3.05) is 18.1 Å². The summed E-state index contributed by atoms with van der Waals surface area (Å²) in [4.78, 5) is 39.9. The van der Waals surface area contributed by atoms with Crippen LogP contribution >= 0.6 is 23.2 Å². The number of carbonyl (C=O) groups is 3. The van der Waals surface area contributed by atoms with Crippen LogP contribution in [0.3, 0.4) is 0 Å². The molecule has 0 saturated carbocycles. The number of amides is 4. The lowest BCUT2D eigenvalue weighted by atomic mass is 10.1. The van der Waals surface area contributed by atoms with Gasteiger partial charge in [0.25, 0.3) is 11.8 Å². The van der Waals surface area contributed by atoms with E-state index in [2.05, 4.69) is 5.32 Å². The van der Waals surface area contributed by atoms with Crippen molar-refractivity contribution in [2.45, 2.75) is 34.0 Å². The molecule has 1 N–H and O–H groups in total. The minimum Gasteiger partial charge on any atom is -0.490 e. The van der Waals surface area contributed by atoms with E-state index in [1.807, 2.05) is 55.5 Å². The molecule has 0 aromatic heterocycles. The molecule has 47 heavy (non-hydrogen) atoms. The van der Waals surface area contributed by atoms with Gasteiger partial charge in [-0.2, -0.15) is 0 Å². The third kappa shape index (κ3) is 7.88. The molecule has 242 valence electrons. The molecular weight excluding hydrogens is 643 g/mol. The molecule has 1 fully saturated rings. The molecule has 1 aliphatic rings. The van der Waals surface area contributed by atoms with Crippen molar-refractivity contribution in [3.63, 3.8) is 0 Å². The Morgan fingerprint density at radius 1 is 0.745 bits per heavy atom. The fourth-order valence-corrected chi connectivity index (χ4v) is 5.30. The zero-order chi connectivity index (χ0) is 33.5. The van der Waals surface area contributed by atoms with Crippen LogP contribution in [-0.2, 0) is 22.8 Å². The van der Waals surface area contributed by atoms with Gasteiger partial charge in [-0.05, 0) is 85.5 Å². The lowest BCUT2D eigenvalue weighted by molar-refractivity contribution is -0.122. The van der Waals surface area contributed by atoms with E-state index in [-0.39, 0.29) is 28.6 Å². The highest BCUT2D eigenvalue weighted by atomic mass is 35.5. The second kappa shape index (κ2) is 15.1. The van der Waals surface area contributed by atoms with Gasteiger partial charge < -0.3 is 18.9 Å². The molecule has 4 aromatic rings. The van der Waals surface area contributed by atoms with Gasteiger partial charge >= 0.3 is 6.03 Å². The first-order chi connectivity index (χ1) is 22.7. The van der Waals surface area contributed by atoms with E-state index in [0.717, 1.165) is 16.0 Å². The van der Waals surface area contributed by atoms with Crippen LogP contribution in [0.4, 0.5) is 10.5 Å². The first-order valence-electron chi connectivity index (χ1n) is 14.9. The Morgan fingerprint density at radius 2 is 1.47 bits per heavy atom. The number of hydrogen-bond donors (Lipinski definition) is 1. The van der Waals surface area contributed by atoms with E-state index in [1.165, 1.54) is 12.1 Å². The number of urea groups is 1. The van der Waals surface area contributed by atoms with E-state index in [0.29, 0.717) is 53.2 Å². The second-order valence-corrected chi connectivity index (χ2v) is 11.3. The van der Waals surface area contributed by atoms with E-state index in [1.54, 1.807) is 38.1 Å². The van der Waals surface area contributed by atoms with Crippen LogP contribution in [-0.4, -0.2) is 31.1 Å². The first-order valence-corrected chi connectivity index (χ1v) is 15.6. The standard InChI is InChI=1S/C36H32Cl2N2O7/c1-4-44-31-17-24(12-14-30(31)46-20-23-9-7-6-8-10-23)21-47-33-28(38)16-25(18-32(33)45-5-2)15-27-34(41)39-36(43)40(35(27)42)29-19-26(37)13-11-22(29)3/h6-19H,4-5,20-21H2,1-3H3,(H,39,41,43)/b27-15+. The summed E-state index contributed by atoms with van der Waals surface area (Å²) >= 11 is 12.8. The largest absolute Gasteiger partial charge is 0.490 e. The number of imide groups is 2. The zero-order valence-corrected chi connectivity index (χ0v) is 27.5. The van der Waals surface area contributed by atoms with Gasteiger partial charge in [-0.1, -0.05) is 65.7 Å². The predicted molar refractivity (Wildman–Crippen MR) is 181 cm³/mol. The van der Waals surface area contributed by atoms with Gasteiger partial charge in [-0.15, -0.1) is 0 Å². The van der Waals surface area contributed by atoms with Gasteiger partial charge in [0.2, 0.25) is 0 Å². The lowest BCUT2D eigenvalue weighted by Crippen LogP contribution is -2.54. The number of hydrogen-bond acceptors (Lipinski definition) is 7. The Labute approximate surface area is 282 Å². The summed E-state index contributed by atoms with van der Waals surface area (Å²) < 4.78 is 23.8. The fourth-order valence-electron chi connectivity index (χ4n) is 4.86. The maximum absolute atomic E-state index is 13.5. The number of aryl methyl sites for hydroxylation is 1. The number of ether oxygens (including phenoxy) is 4. The number of nitrogens with one attached hydrogen (secondary N) is 1. The predicted octanol–water partition coefficient (Wildman–Crippen LogP) is 7.92. The molecule has 1 heterocycles. The van der Waals surface area contributed by atoms with Crippen LogP contribution in [0.5, 0.6) is 23.0 Å². The van der Waals surface area contributed by atoms with Crippen molar-refractivity contribution in [3.05, 3.63) is 117 Å². The summed E-state index contributed by atoms with van der Waals surface area (Å²) in [6, 6.07) is 22.5. The maximum atomic E-state index is 13.5. The molecule has 9 nitrogen and oxygen atoms in total. The number of nitrogens with zero attached hydrogens (tertiary/aromatic N) is 1. The van der Waals surface area contributed by atoms with Crippen molar-refractivity contribution in [1.29, 1.82) is 0 Å². The molecule has 5 rings (SSSR count). The molecule has 0 radical (unpaired) electrons. The molecule has 1 saturated heterocycles. The summed E-state index contributed by atoms with van der Waals surface area (Å²) in [6.07, 6.45) is 1.34. The van der Waals surface area contributed by atoms with Crippen LogP contribution < -0.4 is 29.2 Å². The van der Waals surface area contributed by atoms with Crippen molar-refractivity contribution < 1.29 is 33.3 Å². The number of halogens is 2. The molecule has 0 atom stereocenters. The molecule has 0 bridgehead atoms. The summed E-state index contributed by atoms with van der Waals surface area (Å²) in [5.74, 6) is 0.132. The first kappa shape index (κ1) is 33.4. The third-order valence-electron chi connectivity index (χ3n) is 7.08. The highest BCUT2D eigenvalue weighted by Crippen LogP contribution is 2.39. The van der Waals surface area contributed by atoms with Crippen molar-refractivity contribution in [3.8, 4) is 23.0 Å². The molecule has 0 unspecified atom stereocenters. The van der Waals surface area contributed by atoms with Crippen LogP contribution in [0.15, 0.2) is 84.4 Å². The van der Waals surface area contributed by atoms with Gasteiger partial charge in [0.1, 0.15) is 18.8 Å². The summed E-state index contributed by atoms with van der Waals surface area (Å²) in [7, 11) is 0. The van der Waals surface area contributed by atoms with Crippen LogP contribution in [0.1, 0.15) is 36.1 Å². The van der Waals surface area contributed by atoms with E-state index >= 15 is 0 Å². The van der Waals surface area contributed by atoms with Crippen LogP contribution in [0.25, 0.3) is 6.08 Å². The summed E-state index contributed by atoms with van der Waals surface area (Å²) in [5, 5.41) is 2.75. The Balaban J connectivity index is 1.38. The second-order valence-electron chi connectivity index (χ2n) is 10.4. The van der Waals surface area contributed by atoms with E-state index < -0.39 is 17.8 Å². The summed E-state index contributed by atoms with van der Waals surface area (Å²) in [5.41, 5.74) is 2.84. The molecule has 4 amide bonds. The molecular formula is C36H32Cl2N2O7. The van der Waals surface area contributed by atoms with Crippen LogP contribution in [0.2, 0.25) is 10.0 Å². The SMILES string of the molecule is CCOc1cc(COc2c(Cl)cc(/C=C3\C(=O)NC(=O)N(c4cc(Cl)ccc4C)C3=O)cc2OCC)ccc1OCc1ccccc1. The molecule has 0 spiro atoms. The van der Waals surface area contributed by atoms with Gasteiger partial charge in [0.15, 0.2) is 23.0 Å². The lowest BCUT2D eigenvalue weighted by Gasteiger charge is -2.27. The Morgan fingerprint density at radius 3 is 2.21 bits per heavy atom. The normalized spacial score (nSPS) is 13.9. The highest BCUT2D eigenvalue weighted by molar-refractivity contribution is 6.40. The fraction of sp³-hybridized carbons (Fsp3) is 0.194. The average Bonchev–Trinajstić information content (AvgIpc) is 3.04. The topological polar surface area (TPSA) is 103 Å². The van der Waals surface area contributed by atoms with Crippen LogP contribution in [0, 0.1) is 6.92 Å². The van der Waals surface area contributed by atoms with Crippen molar-refractivity contribution in [1.82, 2.24) is 5.32 Å². The van der Waals surface area contributed by atoms with E-state index in [9.17, 15) is 14.4 Å². The average molecular weight is 676 g/mol. The Hall–Kier alpha value is -4.99. The number of barbiturate groups is 1. The van der Waals surface area contributed by atoms with Gasteiger partial charge in [0, 0.05) is 5.02 Å². The minimum absolute atomic E-state index is 0.135. The zero-order valence-electron chi connectivity index (χ0n) is 26.0. The smallest absolute Gasteiger partial charge is 0.335 e. The molecule has 4 aromatic carbocycles. The van der Waals surface area contributed by atoms with Gasteiger partial charge in [-0.3, -0.25) is 14.9 Å². The maximum Gasteiger partial charge on any atom is 0.335 e. The monoisotopic (exact) mass is 674 g/mol.